The molecule has 1 aromatic rings. The number of methoxy groups -OCH3 is 1. The van der Waals surface area contributed by atoms with Crippen molar-refractivity contribution in [2.75, 3.05) is 7.11 Å². The molecule has 0 saturated carbocycles. The molecule has 0 aromatic heterocycles. The van der Waals surface area contributed by atoms with Gasteiger partial charge < -0.3 is 4.74 Å². The SMILES string of the molecule is COc1ccc(C(F)(F)C(F)(F)C(F)(F)C(F)(F)C(F)(F)C(F)(F)C(F)(F)C(F)(F)F)cc1. The van der Waals surface area contributed by atoms with Crippen LogP contribution in [0, 0.1) is 0 Å². The minimum absolute atomic E-state index is 0.161. The van der Waals surface area contributed by atoms with Gasteiger partial charge in [-0.3, -0.25) is 0 Å². The largest absolute Gasteiger partial charge is 0.497 e. The van der Waals surface area contributed by atoms with Gasteiger partial charge in [-0.1, -0.05) is 0 Å². The maximum atomic E-state index is 13.9. The number of hydrogen-bond donors (Lipinski definition) is 0. The smallest absolute Gasteiger partial charge is 0.460 e. The molecule has 192 valence electrons. The van der Waals surface area contributed by atoms with E-state index in [4.69, 9.17) is 0 Å². The number of hydrogen-bond acceptors (Lipinski definition) is 1. The molecule has 0 atom stereocenters. The van der Waals surface area contributed by atoms with E-state index in [0.29, 0.717) is 12.1 Å². The molecular formula is C15H7F17O. The van der Waals surface area contributed by atoms with Gasteiger partial charge in [0.05, 0.1) is 7.11 Å². The van der Waals surface area contributed by atoms with Gasteiger partial charge in [-0.25, -0.2) is 0 Å². The lowest BCUT2D eigenvalue weighted by Crippen LogP contribution is -2.74. The Balaban J connectivity index is 3.68. The average molecular weight is 526 g/mol. The molecule has 0 fully saturated rings. The zero-order valence-electron chi connectivity index (χ0n) is 15.1. The summed E-state index contributed by atoms with van der Waals surface area (Å²) in [6.07, 6.45) is -7.78. The van der Waals surface area contributed by atoms with Crippen LogP contribution in [0.25, 0.3) is 0 Å². The molecule has 0 aliphatic rings. The Bertz CT molecular complexity index is 837. The zero-order valence-corrected chi connectivity index (χ0v) is 15.1. The molecule has 18 heteroatoms. The highest BCUT2D eigenvalue weighted by Gasteiger charge is 2.95. The van der Waals surface area contributed by atoms with Crippen molar-refractivity contribution in [3.63, 3.8) is 0 Å². The van der Waals surface area contributed by atoms with Crippen molar-refractivity contribution in [3.8, 4) is 5.75 Å². The number of benzene rings is 1. The fourth-order valence-electron chi connectivity index (χ4n) is 2.15. The standard InChI is InChI=1S/C15H7F17O/c1-33-7-4-2-6(3-5-7)8(16,17)9(18,19)10(20,21)11(22,23)12(24,25)13(26,27)14(28,29)15(30,31)32/h2-5H,1H3. The molecule has 0 aliphatic heterocycles. The van der Waals surface area contributed by atoms with Gasteiger partial charge in [0.25, 0.3) is 0 Å². The molecule has 0 unspecified atom stereocenters. The van der Waals surface area contributed by atoms with Gasteiger partial charge in [0.2, 0.25) is 0 Å². The summed E-state index contributed by atoms with van der Waals surface area (Å²) in [4.78, 5) is 0. The Labute approximate surface area is 171 Å². The number of halogens is 17. The Morgan fingerprint density at radius 3 is 1.06 bits per heavy atom. The molecule has 0 saturated heterocycles. The van der Waals surface area contributed by atoms with Crippen LogP contribution in [0.1, 0.15) is 5.56 Å². The predicted molar refractivity (Wildman–Crippen MR) is 72.6 cm³/mol. The van der Waals surface area contributed by atoms with Gasteiger partial charge in [-0.2, -0.15) is 74.6 Å². The van der Waals surface area contributed by atoms with Crippen molar-refractivity contribution in [2.45, 2.75) is 47.6 Å². The van der Waals surface area contributed by atoms with Gasteiger partial charge in [0.1, 0.15) is 5.75 Å². The van der Waals surface area contributed by atoms with Gasteiger partial charge in [0, 0.05) is 5.56 Å². The van der Waals surface area contributed by atoms with Gasteiger partial charge in [0.15, 0.2) is 0 Å². The molecule has 1 aromatic carbocycles. The normalized spacial score (nSPS) is 15.6. The van der Waals surface area contributed by atoms with E-state index in [1.54, 1.807) is 0 Å². The van der Waals surface area contributed by atoms with Crippen molar-refractivity contribution in [2.24, 2.45) is 0 Å². The van der Waals surface area contributed by atoms with Crippen molar-refractivity contribution < 1.29 is 79.4 Å². The highest BCUT2D eigenvalue weighted by Crippen LogP contribution is 2.65. The highest BCUT2D eigenvalue weighted by atomic mass is 19.4. The molecule has 1 nitrogen and oxygen atoms in total. The summed E-state index contributed by atoms with van der Waals surface area (Å²) in [5.41, 5.74) is -2.29. The molecule has 0 amide bonds. The Hall–Kier alpha value is -2.17. The van der Waals surface area contributed by atoms with E-state index in [1.807, 2.05) is 0 Å². The molecule has 0 N–H and O–H groups in total. The maximum Gasteiger partial charge on any atom is 0.460 e. The lowest BCUT2D eigenvalue weighted by molar-refractivity contribution is -0.462. The fourth-order valence-corrected chi connectivity index (χ4v) is 2.15. The van der Waals surface area contributed by atoms with Crippen LogP contribution in [-0.4, -0.2) is 48.8 Å². The minimum Gasteiger partial charge on any atom is -0.497 e. The Morgan fingerprint density at radius 2 is 0.758 bits per heavy atom. The third-order valence-electron chi connectivity index (χ3n) is 4.17. The summed E-state index contributed by atoms with van der Waals surface area (Å²) in [5.74, 6) is -57.0. The Morgan fingerprint density at radius 1 is 0.455 bits per heavy atom. The van der Waals surface area contributed by atoms with Crippen LogP contribution in [0.15, 0.2) is 24.3 Å². The van der Waals surface area contributed by atoms with E-state index >= 15 is 0 Å². The number of alkyl halides is 17. The van der Waals surface area contributed by atoms with E-state index in [-0.39, 0.29) is 12.1 Å². The topological polar surface area (TPSA) is 9.23 Å². The van der Waals surface area contributed by atoms with E-state index in [1.165, 1.54) is 0 Å². The average Bonchev–Trinajstić information content (AvgIpc) is 2.66. The Kier molecular flexibility index (Phi) is 6.71. The van der Waals surface area contributed by atoms with Crippen molar-refractivity contribution >= 4 is 0 Å². The van der Waals surface area contributed by atoms with Crippen molar-refractivity contribution in [1.29, 1.82) is 0 Å². The summed E-state index contributed by atoms with van der Waals surface area (Å²) < 4.78 is 229. The summed E-state index contributed by atoms with van der Waals surface area (Å²) in [5, 5.41) is 0. The first-order chi connectivity index (χ1) is 14.3. The molecule has 1 rings (SSSR count). The van der Waals surface area contributed by atoms with Crippen LogP contribution in [0.2, 0.25) is 0 Å². The highest BCUT2D eigenvalue weighted by molar-refractivity contribution is 5.32. The summed E-state index contributed by atoms with van der Waals surface area (Å²) >= 11 is 0. The van der Waals surface area contributed by atoms with Gasteiger partial charge in [-0.15, -0.1) is 0 Å². The molecule has 0 bridgehead atoms. The van der Waals surface area contributed by atoms with Gasteiger partial charge >= 0.3 is 47.6 Å². The van der Waals surface area contributed by atoms with Crippen LogP contribution in [0.5, 0.6) is 5.75 Å². The van der Waals surface area contributed by atoms with E-state index in [9.17, 15) is 74.6 Å². The second-order valence-electron chi connectivity index (χ2n) is 6.25. The van der Waals surface area contributed by atoms with E-state index in [0.717, 1.165) is 7.11 Å². The lowest BCUT2D eigenvalue weighted by atomic mass is 9.87. The first-order valence-electron chi connectivity index (χ1n) is 7.65. The first-order valence-corrected chi connectivity index (χ1v) is 7.65. The van der Waals surface area contributed by atoms with Crippen LogP contribution in [0.4, 0.5) is 74.6 Å². The molecule has 0 radical (unpaired) electrons. The maximum absolute atomic E-state index is 13.9. The van der Waals surface area contributed by atoms with Crippen LogP contribution >= 0.6 is 0 Å². The van der Waals surface area contributed by atoms with Gasteiger partial charge in [-0.05, 0) is 24.3 Å². The zero-order chi connectivity index (χ0) is 26.7. The van der Waals surface area contributed by atoms with Crippen molar-refractivity contribution in [1.82, 2.24) is 0 Å². The summed E-state index contributed by atoms with van der Waals surface area (Å²) in [6, 6.07) is 0.404. The molecular weight excluding hydrogens is 519 g/mol. The van der Waals surface area contributed by atoms with Crippen molar-refractivity contribution in [3.05, 3.63) is 29.8 Å². The molecule has 0 spiro atoms. The fraction of sp³-hybridized carbons (Fsp3) is 0.600. The molecule has 33 heavy (non-hydrogen) atoms. The lowest BCUT2D eigenvalue weighted by Gasteiger charge is -2.42. The quantitative estimate of drug-likeness (QED) is 0.327. The van der Waals surface area contributed by atoms with E-state index in [2.05, 4.69) is 4.74 Å². The van der Waals surface area contributed by atoms with Crippen LogP contribution in [-0.2, 0) is 5.92 Å². The molecule has 0 aliphatic carbocycles. The van der Waals surface area contributed by atoms with E-state index < -0.39 is 58.9 Å². The first kappa shape index (κ1) is 28.9. The van der Waals surface area contributed by atoms with Crippen LogP contribution in [0.3, 0.4) is 0 Å². The monoisotopic (exact) mass is 526 g/mol. The summed E-state index contributed by atoms with van der Waals surface area (Å²) in [6.45, 7) is 0. The third kappa shape index (κ3) is 3.72. The minimum atomic E-state index is -8.64. The second kappa shape index (κ2) is 7.68. The molecule has 0 heterocycles. The third-order valence-corrected chi connectivity index (χ3v) is 4.17. The van der Waals surface area contributed by atoms with Crippen LogP contribution < -0.4 is 4.74 Å². The number of rotatable bonds is 8. The summed E-state index contributed by atoms with van der Waals surface area (Å²) in [7, 11) is 0.884. The number of ether oxygens (including phenoxy) is 1. The second-order valence-corrected chi connectivity index (χ2v) is 6.25. The predicted octanol–water partition coefficient (Wildman–Crippen LogP) is 7.16.